The number of alkyl halides is 6. The molecule has 0 aromatic heterocycles. The quantitative estimate of drug-likeness (QED) is 0.268. The van der Waals surface area contributed by atoms with Crippen LogP contribution in [0.15, 0.2) is 78.9 Å². The molecule has 1 aliphatic rings. The smallest absolute Gasteiger partial charge is 0.406 e. The van der Waals surface area contributed by atoms with E-state index in [1.54, 1.807) is 30.3 Å². The third kappa shape index (κ3) is 7.30. The zero-order chi connectivity index (χ0) is 30.7. The molecule has 3 aromatic carbocycles. The van der Waals surface area contributed by atoms with Crippen molar-refractivity contribution in [2.75, 3.05) is 7.05 Å². The average molecular weight is 595 g/mol. The van der Waals surface area contributed by atoms with Crippen molar-refractivity contribution < 1.29 is 50.2 Å². The van der Waals surface area contributed by atoms with Crippen LogP contribution in [0.25, 0.3) is 0 Å². The highest BCUT2D eigenvalue weighted by atomic mass is 19.4. The highest BCUT2D eigenvalue weighted by Crippen LogP contribution is 2.38. The first-order chi connectivity index (χ1) is 19.6. The van der Waals surface area contributed by atoms with Crippen LogP contribution in [0.2, 0.25) is 0 Å². The molecule has 1 saturated heterocycles. The van der Waals surface area contributed by atoms with Crippen LogP contribution in [0, 0.1) is 0 Å². The molecule has 4 rings (SSSR count). The van der Waals surface area contributed by atoms with Gasteiger partial charge in [-0.2, -0.15) is 0 Å². The van der Waals surface area contributed by atoms with Crippen LogP contribution in [0.4, 0.5) is 31.1 Å². The van der Waals surface area contributed by atoms with E-state index in [0.29, 0.717) is 5.56 Å². The van der Waals surface area contributed by atoms with Crippen LogP contribution in [0.1, 0.15) is 23.1 Å². The third-order valence-electron chi connectivity index (χ3n) is 6.41. The van der Waals surface area contributed by atoms with E-state index in [-0.39, 0.29) is 17.5 Å². The van der Waals surface area contributed by atoms with E-state index in [1.165, 1.54) is 31.3 Å². The predicted molar refractivity (Wildman–Crippen MR) is 135 cm³/mol. The SMILES string of the molecule is CN1C(=O)NC(CC(=O)NC(Cc2ccccc2)(c2cccc(OC(F)(F)F)c2)c2cccc(OC(F)(F)F)c2)C1=O. The number of benzene rings is 3. The lowest BCUT2D eigenvalue weighted by Crippen LogP contribution is -2.50. The third-order valence-corrected chi connectivity index (χ3v) is 6.41. The molecule has 222 valence electrons. The maximum atomic E-state index is 13.5. The Labute approximate surface area is 235 Å². The Balaban J connectivity index is 1.87. The number of nitrogens with one attached hydrogen (secondary N) is 2. The van der Waals surface area contributed by atoms with E-state index < -0.39 is 60.1 Å². The molecular formula is C28H23F6N3O5. The van der Waals surface area contributed by atoms with Crippen LogP contribution >= 0.6 is 0 Å². The van der Waals surface area contributed by atoms with Crippen molar-refractivity contribution in [1.29, 1.82) is 0 Å². The molecule has 2 N–H and O–H groups in total. The molecule has 1 fully saturated rings. The van der Waals surface area contributed by atoms with Gasteiger partial charge in [0.1, 0.15) is 17.5 Å². The predicted octanol–water partition coefficient (Wildman–Crippen LogP) is 5.03. The molecule has 8 nitrogen and oxygen atoms in total. The summed E-state index contributed by atoms with van der Waals surface area (Å²) in [6.07, 6.45) is -10.8. The number of likely N-dealkylation sites (N-methyl/N-ethyl adjacent to an activating group) is 1. The number of hydrogen-bond donors (Lipinski definition) is 2. The topological polar surface area (TPSA) is 97.0 Å². The summed E-state index contributed by atoms with van der Waals surface area (Å²) in [6, 6.07) is 15.6. The van der Waals surface area contributed by atoms with Crippen molar-refractivity contribution >= 4 is 17.8 Å². The summed E-state index contributed by atoms with van der Waals surface area (Å²) in [7, 11) is 1.22. The molecule has 1 unspecified atom stereocenters. The molecule has 0 radical (unpaired) electrons. The van der Waals surface area contributed by atoms with Gasteiger partial charge >= 0.3 is 18.8 Å². The lowest BCUT2D eigenvalue weighted by Gasteiger charge is -2.37. The first-order valence-electron chi connectivity index (χ1n) is 12.3. The monoisotopic (exact) mass is 595 g/mol. The minimum absolute atomic E-state index is 0.0181. The van der Waals surface area contributed by atoms with Crippen molar-refractivity contribution in [3.05, 3.63) is 95.6 Å². The molecule has 4 amide bonds. The fourth-order valence-electron chi connectivity index (χ4n) is 4.63. The first kappa shape index (κ1) is 30.2. The van der Waals surface area contributed by atoms with E-state index in [9.17, 15) is 40.7 Å². The second kappa shape index (κ2) is 11.6. The zero-order valence-corrected chi connectivity index (χ0v) is 21.8. The normalized spacial score (nSPS) is 15.8. The van der Waals surface area contributed by atoms with E-state index in [1.807, 2.05) is 0 Å². The molecule has 14 heteroatoms. The van der Waals surface area contributed by atoms with Crippen LogP contribution in [0.3, 0.4) is 0 Å². The molecule has 3 aromatic rings. The van der Waals surface area contributed by atoms with Crippen molar-refractivity contribution in [3.8, 4) is 11.5 Å². The molecule has 1 aliphatic heterocycles. The fraction of sp³-hybridized carbons (Fsp3) is 0.250. The molecule has 0 spiro atoms. The maximum absolute atomic E-state index is 13.5. The number of nitrogens with zero attached hydrogens (tertiary/aromatic N) is 1. The van der Waals surface area contributed by atoms with Gasteiger partial charge in [0.05, 0.1) is 12.0 Å². The fourth-order valence-corrected chi connectivity index (χ4v) is 4.63. The van der Waals surface area contributed by atoms with Gasteiger partial charge in [0, 0.05) is 13.5 Å². The summed E-state index contributed by atoms with van der Waals surface area (Å²) in [4.78, 5) is 38.6. The molecule has 42 heavy (non-hydrogen) atoms. The Morgan fingerprint density at radius 1 is 0.833 bits per heavy atom. The van der Waals surface area contributed by atoms with E-state index in [4.69, 9.17) is 0 Å². The van der Waals surface area contributed by atoms with Gasteiger partial charge in [-0.05, 0) is 41.0 Å². The van der Waals surface area contributed by atoms with Crippen LogP contribution in [-0.4, -0.2) is 48.6 Å². The lowest BCUT2D eigenvalue weighted by molar-refractivity contribution is -0.275. The van der Waals surface area contributed by atoms with Crippen molar-refractivity contribution in [1.82, 2.24) is 15.5 Å². The summed E-state index contributed by atoms with van der Waals surface area (Å²) in [5.41, 5.74) is -1.23. The minimum atomic E-state index is -5.06. The van der Waals surface area contributed by atoms with Gasteiger partial charge < -0.3 is 20.1 Å². The Hall–Kier alpha value is -4.75. The van der Waals surface area contributed by atoms with Crippen molar-refractivity contribution in [2.45, 2.75) is 37.1 Å². The van der Waals surface area contributed by atoms with Gasteiger partial charge in [-0.3, -0.25) is 14.5 Å². The highest BCUT2D eigenvalue weighted by Gasteiger charge is 2.42. The van der Waals surface area contributed by atoms with Gasteiger partial charge in [0.2, 0.25) is 5.91 Å². The summed E-state index contributed by atoms with van der Waals surface area (Å²) < 4.78 is 86.8. The maximum Gasteiger partial charge on any atom is 0.573 e. The lowest BCUT2D eigenvalue weighted by atomic mass is 9.77. The number of rotatable bonds is 9. The average Bonchev–Trinajstić information content (AvgIpc) is 3.13. The Morgan fingerprint density at radius 2 is 1.36 bits per heavy atom. The van der Waals surface area contributed by atoms with Gasteiger partial charge in [-0.15, -0.1) is 26.3 Å². The van der Waals surface area contributed by atoms with Gasteiger partial charge in [0.25, 0.3) is 5.91 Å². The number of urea groups is 1. The van der Waals surface area contributed by atoms with Gasteiger partial charge in [-0.25, -0.2) is 4.79 Å². The summed E-state index contributed by atoms with van der Waals surface area (Å²) in [6.45, 7) is 0. The molecule has 0 bridgehead atoms. The number of hydrogen-bond acceptors (Lipinski definition) is 5. The summed E-state index contributed by atoms with van der Waals surface area (Å²) >= 11 is 0. The van der Waals surface area contributed by atoms with Crippen LogP contribution < -0.4 is 20.1 Å². The van der Waals surface area contributed by atoms with Crippen LogP contribution in [0.5, 0.6) is 11.5 Å². The van der Waals surface area contributed by atoms with Crippen LogP contribution in [-0.2, 0) is 21.5 Å². The highest BCUT2D eigenvalue weighted by molar-refractivity contribution is 6.05. The Kier molecular flexibility index (Phi) is 8.36. The van der Waals surface area contributed by atoms with Crippen molar-refractivity contribution in [3.63, 3.8) is 0 Å². The Morgan fingerprint density at radius 3 is 1.81 bits per heavy atom. The number of halogens is 6. The molecule has 0 saturated carbocycles. The van der Waals surface area contributed by atoms with E-state index >= 15 is 0 Å². The molecule has 0 aliphatic carbocycles. The minimum Gasteiger partial charge on any atom is -0.406 e. The van der Waals surface area contributed by atoms with Crippen molar-refractivity contribution in [2.24, 2.45) is 0 Å². The Bertz CT molecular complexity index is 1400. The molecular weight excluding hydrogens is 572 g/mol. The number of imide groups is 1. The van der Waals surface area contributed by atoms with E-state index in [0.717, 1.165) is 29.2 Å². The zero-order valence-electron chi connectivity index (χ0n) is 21.8. The standard InChI is InChI=1S/C28H23F6N3O5/c1-37-24(39)22(35-25(37)40)15-23(38)36-26(16-17-7-3-2-4-8-17,18-9-5-11-20(13-18)41-27(29,30)31)19-10-6-12-21(14-19)42-28(32,33)34/h2-14,22H,15-16H2,1H3,(H,35,40)(H,36,38). The summed E-state index contributed by atoms with van der Waals surface area (Å²) in [5.74, 6) is -2.81. The summed E-state index contributed by atoms with van der Waals surface area (Å²) in [5, 5.41) is 5.09. The largest absolute Gasteiger partial charge is 0.573 e. The number of carbonyl (C=O) groups excluding carboxylic acids is 3. The van der Waals surface area contributed by atoms with Gasteiger partial charge in [0.15, 0.2) is 0 Å². The molecule has 1 heterocycles. The second-order valence-electron chi connectivity index (χ2n) is 9.37. The second-order valence-corrected chi connectivity index (χ2v) is 9.37. The van der Waals surface area contributed by atoms with Gasteiger partial charge in [-0.1, -0.05) is 54.6 Å². The number of carbonyl (C=O) groups is 3. The number of ether oxygens (including phenoxy) is 2. The molecule has 1 atom stereocenters. The number of amides is 4. The first-order valence-corrected chi connectivity index (χ1v) is 12.3. The van der Waals surface area contributed by atoms with E-state index in [2.05, 4.69) is 20.1 Å².